The first kappa shape index (κ1) is 19.9. The fourth-order valence-corrected chi connectivity index (χ4v) is 3.36. The van der Waals surface area contributed by atoms with E-state index in [9.17, 15) is 14.4 Å². The van der Waals surface area contributed by atoms with Crippen LogP contribution < -0.4 is 16.0 Å². The van der Waals surface area contributed by atoms with Gasteiger partial charge in [-0.1, -0.05) is 48.5 Å². The summed E-state index contributed by atoms with van der Waals surface area (Å²) in [6, 6.07) is 23.6. The van der Waals surface area contributed by atoms with Crippen molar-refractivity contribution in [1.82, 2.24) is 5.32 Å². The van der Waals surface area contributed by atoms with Crippen LogP contribution in [0.15, 0.2) is 78.9 Å². The van der Waals surface area contributed by atoms with Crippen molar-refractivity contribution in [2.24, 2.45) is 0 Å². The number of hydrogen-bond donors (Lipinski definition) is 4. The Labute approximate surface area is 178 Å². The molecule has 0 unspecified atom stereocenters. The third-order valence-electron chi connectivity index (χ3n) is 4.80. The van der Waals surface area contributed by atoms with E-state index in [1.807, 2.05) is 54.6 Å². The number of benzene rings is 3. The zero-order chi connectivity index (χ0) is 21.8. The molecule has 0 radical (unpaired) electrons. The SMILES string of the molecule is O=C(O)CNC(=O)c1ccc(N/C(=C2\C(=O)Nc3ccccc32)c2ccccc2)cc1. The van der Waals surface area contributed by atoms with Crippen molar-refractivity contribution in [1.29, 1.82) is 0 Å². The van der Waals surface area contributed by atoms with Crippen molar-refractivity contribution < 1.29 is 19.5 Å². The molecule has 154 valence electrons. The molecule has 0 atom stereocenters. The van der Waals surface area contributed by atoms with Gasteiger partial charge >= 0.3 is 5.97 Å². The van der Waals surface area contributed by atoms with Crippen LogP contribution in [0.2, 0.25) is 0 Å². The zero-order valence-corrected chi connectivity index (χ0v) is 16.4. The molecule has 7 nitrogen and oxygen atoms in total. The highest BCUT2D eigenvalue weighted by atomic mass is 16.4. The number of hydrogen-bond acceptors (Lipinski definition) is 4. The fraction of sp³-hybridized carbons (Fsp3) is 0.0417. The van der Waals surface area contributed by atoms with E-state index in [1.165, 1.54) is 0 Å². The number of carbonyl (C=O) groups is 3. The number of aliphatic carboxylic acids is 1. The van der Waals surface area contributed by atoms with Gasteiger partial charge in [0.2, 0.25) is 0 Å². The van der Waals surface area contributed by atoms with Crippen molar-refractivity contribution in [3.8, 4) is 0 Å². The Morgan fingerprint density at radius 1 is 0.839 bits per heavy atom. The van der Waals surface area contributed by atoms with Gasteiger partial charge in [0.05, 0.1) is 11.3 Å². The number of fused-ring (bicyclic) bond motifs is 1. The van der Waals surface area contributed by atoms with Crippen molar-refractivity contribution in [3.05, 3.63) is 95.6 Å². The molecule has 1 aliphatic rings. The first-order chi connectivity index (χ1) is 15.0. The molecule has 0 aliphatic carbocycles. The first-order valence-corrected chi connectivity index (χ1v) is 9.60. The zero-order valence-electron chi connectivity index (χ0n) is 16.4. The van der Waals surface area contributed by atoms with Gasteiger partial charge in [-0.15, -0.1) is 0 Å². The molecule has 0 bridgehead atoms. The summed E-state index contributed by atoms with van der Waals surface area (Å²) in [6.07, 6.45) is 0. The fourth-order valence-electron chi connectivity index (χ4n) is 3.36. The number of carbonyl (C=O) groups excluding carboxylic acids is 2. The second-order valence-electron chi connectivity index (χ2n) is 6.89. The Hall–Kier alpha value is -4.39. The maximum absolute atomic E-state index is 12.8. The normalized spacial score (nSPS) is 13.7. The van der Waals surface area contributed by atoms with Gasteiger partial charge in [-0.25, -0.2) is 0 Å². The molecule has 0 saturated heterocycles. The van der Waals surface area contributed by atoms with Crippen LogP contribution in [-0.4, -0.2) is 29.4 Å². The first-order valence-electron chi connectivity index (χ1n) is 9.60. The second-order valence-corrected chi connectivity index (χ2v) is 6.89. The smallest absolute Gasteiger partial charge is 0.322 e. The third-order valence-corrected chi connectivity index (χ3v) is 4.80. The lowest BCUT2D eigenvalue weighted by molar-refractivity contribution is -0.135. The number of para-hydroxylation sites is 1. The van der Waals surface area contributed by atoms with Crippen LogP contribution in [0.25, 0.3) is 11.3 Å². The average molecular weight is 413 g/mol. The Balaban J connectivity index is 1.68. The summed E-state index contributed by atoms with van der Waals surface area (Å²) in [4.78, 5) is 35.5. The molecule has 31 heavy (non-hydrogen) atoms. The van der Waals surface area contributed by atoms with Crippen LogP contribution in [0.1, 0.15) is 21.5 Å². The summed E-state index contributed by atoms with van der Waals surface area (Å²) in [5.74, 6) is -1.78. The van der Waals surface area contributed by atoms with Gasteiger partial charge in [0, 0.05) is 22.5 Å². The van der Waals surface area contributed by atoms with Crippen LogP contribution in [0, 0.1) is 0 Å². The molecule has 0 aromatic heterocycles. The molecule has 2 amide bonds. The summed E-state index contributed by atoms with van der Waals surface area (Å²) in [5, 5.41) is 17.2. The Morgan fingerprint density at radius 2 is 1.52 bits per heavy atom. The lowest BCUT2D eigenvalue weighted by atomic mass is 10.00. The van der Waals surface area contributed by atoms with E-state index in [-0.39, 0.29) is 5.91 Å². The van der Waals surface area contributed by atoms with E-state index < -0.39 is 18.4 Å². The van der Waals surface area contributed by atoms with E-state index >= 15 is 0 Å². The van der Waals surface area contributed by atoms with Crippen molar-refractivity contribution in [2.45, 2.75) is 0 Å². The molecular weight excluding hydrogens is 394 g/mol. The topological polar surface area (TPSA) is 108 Å². The second kappa shape index (κ2) is 8.54. The van der Waals surface area contributed by atoms with Gasteiger partial charge in [-0.05, 0) is 35.9 Å². The summed E-state index contributed by atoms with van der Waals surface area (Å²) in [7, 11) is 0. The largest absolute Gasteiger partial charge is 0.480 e. The number of amides is 2. The van der Waals surface area contributed by atoms with Crippen LogP contribution >= 0.6 is 0 Å². The summed E-state index contributed by atoms with van der Waals surface area (Å²) >= 11 is 0. The number of nitrogens with one attached hydrogen (secondary N) is 3. The minimum atomic E-state index is -1.11. The van der Waals surface area contributed by atoms with Crippen LogP contribution in [-0.2, 0) is 9.59 Å². The molecule has 0 saturated carbocycles. The molecule has 0 spiro atoms. The number of anilines is 2. The van der Waals surface area contributed by atoms with Gasteiger partial charge in [0.25, 0.3) is 11.8 Å². The van der Waals surface area contributed by atoms with Gasteiger partial charge in [0.1, 0.15) is 6.54 Å². The van der Waals surface area contributed by atoms with Gasteiger partial charge in [0.15, 0.2) is 0 Å². The molecule has 3 aromatic rings. The molecule has 0 fully saturated rings. The van der Waals surface area contributed by atoms with Crippen molar-refractivity contribution >= 4 is 40.4 Å². The predicted molar refractivity (Wildman–Crippen MR) is 118 cm³/mol. The van der Waals surface area contributed by atoms with Crippen LogP contribution in [0.3, 0.4) is 0 Å². The van der Waals surface area contributed by atoms with E-state index in [0.717, 1.165) is 16.8 Å². The van der Waals surface area contributed by atoms with Crippen molar-refractivity contribution in [2.75, 3.05) is 17.2 Å². The third kappa shape index (κ3) is 4.30. The Morgan fingerprint density at radius 3 is 2.23 bits per heavy atom. The van der Waals surface area contributed by atoms with E-state index in [2.05, 4.69) is 16.0 Å². The minimum Gasteiger partial charge on any atom is -0.480 e. The highest BCUT2D eigenvalue weighted by Crippen LogP contribution is 2.37. The number of carboxylic acid groups (broad SMARTS) is 1. The molecule has 3 aromatic carbocycles. The molecule has 4 rings (SSSR count). The molecule has 4 N–H and O–H groups in total. The molecular formula is C24H19N3O4. The van der Waals surface area contributed by atoms with Gasteiger partial charge in [-0.3, -0.25) is 14.4 Å². The highest BCUT2D eigenvalue weighted by Gasteiger charge is 2.28. The standard InChI is InChI=1S/C24H19N3O4/c28-20(29)14-25-23(30)16-10-12-17(13-11-16)26-22(15-6-2-1-3-7-15)21-18-8-4-5-9-19(18)27-24(21)31/h1-13,26H,14H2,(H,25,30)(H,27,31)(H,28,29)/b22-21-. The number of carboxylic acids is 1. The summed E-state index contributed by atoms with van der Waals surface area (Å²) < 4.78 is 0. The molecule has 1 aliphatic heterocycles. The van der Waals surface area contributed by atoms with Gasteiger partial charge in [-0.2, -0.15) is 0 Å². The molecule has 7 heteroatoms. The summed E-state index contributed by atoms with van der Waals surface area (Å²) in [6.45, 7) is -0.447. The lowest BCUT2D eigenvalue weighted by Gasteiger charge is -2.15. The van der Waals surface area contributed by atoms with E-state index in [4.69, 9.17) is 5.11 Å². The predicted octanol–water partition coefficient (Wildman–Crippen LogP) is 3.43. The Kier molecular flexibility index (Phi) is 5.49. The highest BCUT2D eigenvalue weighted by molar-refractivity contribution is 6.37. The minimum absolute atomic E-state index is 0.197. The molecule has 1 heterocycles. The lowest BCUT2D eigenvalue weighted by Crippen LogP contribution is -2.29. The van der Waals surface area contributed by atoms with E-state index in [1.54, 1.807) is 24.3 Å². The number of rotatable bonds is 6. The maximum atomic E-state index is 12.8. The van der Waals surface area contributed by atoms with Crippen molar-refractivity contribution in [3.63, 3.8) is 0 Å². The monoisotopic (exact) mass is 413 g/mol. The average Bonchev–Trinajstić information content (AvgIpc) is 3.12. The van der Waals surface area contributed by atoms with Crippen LogP contribution in [0.5, 0.6) is 0 Å². The van der Waals surface area contributed by atoms with Crippen LogP contribution in [0.4, 0.5) is 11.4 Å². The van der Waals surface area contributed by atoms with Gasteiger partial charge < -0.3 is 21.1 Å². The summed E-state index contributed by atoms with van der Waals surface area (Å²) in [5.41, 5.74) is 4.60. The maximum Gasteiger partial charge on any atom is 0.322 e. The van der Waals surface area contributed by atoms with E-state index in [0.29, 0.717) is 22.5 Å². The Bertz CT molecular complexity index is 1180. The quantitative estimate of drug-likeness (QED) is 0.463.